The van der Waals surface area contributed by atoms with Crippen molar-refractivity contribution in [2.75, 3.05) is 19.6 Å². The van der Waals surface area contributed by atoms with E-state index in [1.165, 1.54) is 31.2 Å². The van der Waals surface area contributed by atoms with Crippen LogP contribution in [-0.2, 0) is 11.2 Å². The van der Waals surface area contributed by atoms with E-state index in [2.05, 4.69) is 39.2 Å². The molecule has 0 radical (unpaired) electrons. The molecule has 1 aromatic carbocycles. The van der Waals surface area contributed by atoms with Crippen LogP contribution in [0.1, 0.15) is 37.1 Å². The Bertz CT molecular complexity index is 811. The minimum absolute atomic E-state index is 0.262. The van der Waals surface area contributed by atoms with Gasteiger partial charge in [0.15, 0.2) is 0 Å². The first-order valence-corrected chi connectivity index (χ1v) is 10.2. The summed E-state index contributed by atoms with van der Waals surface area (Å²) < 4.78 is 0. The number of benzene rings is 1. The fourth-order valence-electron chi connectivity index (χ4n) is 5.28. The number of carbonyl (C=O) groups excluding carboxylic acids is 1. The number of nitrogens with zero attached hydrogens (tertiary/aromatic N) is 2. The van der Waals surface area contributed by atoms with Crippen molar-refractivity contribution < 1.29 is 4.79 Å². The minimum atomic E-state index is 0.262. The summed E-state index contributed by atoms with van der Waals surface area (Å²) in [7, 11) is 0. The van der Waals surface area contributed by atoms with Crippen LogP contribution in [0.15, 0.2) is 18.2 Å². The first kappa shape index (κ1) is 16.3. The lowest BCUT2D eigenvalue weighted by Crippen LogP contribution is -2.37. The predicted octanol–water partition coefficient (Wildman–Crippen LogP) is 2.65. The number of fused-ring (bicyclic) bond motifs is 2. The van der Waals surface area contributed by atoms with Gasteiger partial charge in [-0.3, -0.25) is 9.69 Å². The first-order chi connectivity index (χ1) is 12.7. The van der Waals surface area contributed by atoms with Gasteiger partial charge in [-0.05, 0) is 43.2 Å². The lowest BCUT2D eigenvalue weighted by Gasteiger charge is -2.26. The Balaban J connectivity index is 1.10. The van der Waals surface area contributed by atoms with Gasteiger partial charge in [-0.25, -0.2) is 4.98 Å². The Morgan fingerprint density at radius 3 is 2.77 bits per heavy atom. The zero-order valence-corrected chi connectivity index (χ0v) is 15.5. The van der Waals surface area contributed by atoms with Crippen LogP contribution in [0, 0.1) is 24.7 Å². The zero-order chi connectivity index (χ0) is 17.7. The number of piperidine rings is 1. The average molecular weight is 352 g/mol. The molecule has 0 spiro atoms. The summed E-state index contributed by atoms with van der Waals surface area (Å²) in [6.45, 7) is 5.04. The minimum Gasteiger partial charge on any atom is -0.355 e. The molecule has 138 valence electrons. The normalized spacial score (nSPS) is 28.6. The van der Waals surface area contributed by atoms with E-state index in [0.717, 1.165) is 42.4 Å². The second kappa shape index (κ2) is 6.38. The topological polar surface area (TPSA) is 61.0 Å². The smallest absolute Gasteiger partial charge is 0.223 e. The number of aryl methyl sites for hydroxylation is 1. The Morgan fingerprint density at radius 2 is 2.04 bits per heavy atom. The zero-order valence-electron chi connectivity index (χ0n) is 15.5. The van der Waals surface area contributed by atoms with Crippen molar-refractivity contribution in [3.63, 3.8) is 0 Å². The highest BCUT2D eigenvalue weighted by atomic mass is 16.2. The molecule has 5 nitrogen and oxygen atoms in total. The van der Waals surface area contributed by atoms with Crippen LogP contribution in [0.2, 0.25) is 0 Å². The van der Waals surface area contributed by atoms with Crippen LogP contribution < -0.4 is 5.32 Å². The van der Waals surface area contributed by atoms with Gasteiger partial charge < -0.3 is 10.3 Å². The molecule has 3 atom stereocenters. The molecule has 1 amide bonds. The van der Waals surface area contributed by atoms with Crippen LogP contribution in [-0.4, -0.2) is 46.5 Å². The number of hydrogen-bond donors (Lipinski definition) is 2. The molecule has 3 fully saturated rings. The maximum Gasteiger partial charge on any atom is 0.223 e. The van der Waals surface area contributed by atoms with Gasteiger partial charge in [0.2, 0.25) is 5.91 Å². The Hall–Kier alpha value is -1.88. The Kier molecular flexibility index (Phi) is 4.00. The molecule has 2 aromatic rings. The summed E-state index contributed by atoms with van der Waals surface area (Å²) in [5.41, 5.74) is 3.30. The van der Waals surface area contributed by atoms with E-state index < -0.39 is 0 Å². The summed E-state index contributed by atoms with van der Waals surface area (Å²) in [6.07, 6.45) is 6.28. The van der Waals surface area contributed by atoms with Crippen molar-refractivity contribution in [1.82, 2.24) is 20.2 Å². The van der Waals surface area contributed by atoms with Gasteiger partial charge in [0.05, 0.1) is 11.0 Å². The van der Waals surface area contributed by atoms with Gasteiger partial charge in [-0.15, -0.1) is 0 Å². The third-order valence-electron chi connectivity index (χ3n) is 6.79. The fourth-order valence-corrected chi connectivity index (χ4v) is 5.28. The van der Waals surface area contributed by atoms with Crippen molar-refractivity contribution >= 4 is 16.9 Å². The van der Waals surface area contributed by atoms with Crippen molar-refractivity contribution in [2.45, 2.75) is 45.1 Å². The molecule has 2 saturated carbocycles. The average Bonchev–Trinajstić information content (AvgIpc) is 3.12. The SMILES string of the molecule is Cc1cccc2[nH]c(CCNC(=O)C3[C@H]4CN(C5CCCC5)C[C@@H]34)nc12. The predicted molar refractivity (Wildman–Crippen MR) is 102 cm³/mol. The van der Waals surface area contributed by atoms with E-state index >= 15 is 0 Å². The third-order valence-corrected chi connectivity index (χ3v) is 6.79. The second-order valence-corrected chi connectivity index (χ2v) is 8.44. The van der Waals surface area contributed by atoms with Gasteiger partial charge in [0.25, 0.3) is 0 Å². The number of rotatable bonds is 5. The van der Waals surface area contributed by atoms with Crippen molar-refractivity contribution in [1.29, 1.82) is 0 Å². The number of amides is 1. The lowest BCUT2D eigenvalue weighted by atomic mass is 10.1. The van der Waals surface area contributed by atoms with E-state index in [4.69, 9.17) is 0 Å². The van der Waals surface area contributed by atoms with Gasteiger partial charge in [-0.1, -0.05) is 25.0 Å². The molecular weight excluding hydrogens is 324 g/mol. The van der Waals surface area contributed by atoms with Gasteiger partial charge in [-0.2, -0.15) is 0 Å². The Morgan fingerprint density at radius 1 is 1.27 bits per heavy atom. The molecule has 1 aromatic heterocycles. The third kappa shape index (κ3) is 2.82. The van der Waals surface area contributed by atoms with E-state index in [-0.39, 0.29) is 11.8 Å². The molecular formula is C21H28N4O. The monoisotopic (exact) mass is 352 g/mol. The number of aromatic amines is 1. The van der Waals surface area contributed by atoms with Crippen molar-refractivity contribution in [3.05, 3.63) is 29.6 Å². The molecule has 3 aliphatic rings. The van der Waals surface area contributed by atoms with E-state index in [1.54, 1.807) is 0 Å². The molecule has 2 heterocycles. The summed E-state index contributed by atoms with van der Waals surface area (Å²) in [5, 5.41) is 3.15. The van der Waals surface area contributed by atoms with Crippen LogP contribution in [0.25, 0.3) is 11.0 Å². The van der Waals surface area contributed by atoms with Crippen molar-refractivity contribution in [3.8, 4) is 0 Å². The van der Waals surface area contributed by atoms with Crippen LogP contribution >= 0.6 is 0 Å². The van der Waals surface area contributed by atoms with E-state index in [1.807, 2.05) is 6.07 Å². The van der Waals surface area contributed by atoms with E-state index in [9.17, 15) is 4.79 Å². The molecule has 2 N–H and O–H groups in total. The second-order valence-electron chi connectivity index (χ2n) is 8.44. The number of H-pyrrole nitrogens is 1. The largest absolute Gasteiger partial charge is 0.355 e. The number of carbonyl (C=O) groups is 1. The molecule has 5 heteroatoms. The Labute approximate surface area is 154 Å². The number of aromatic nitrogens is 2. The van der Waals surface area contributed by atoms with Crippen LogP contribution in [0.5, 0.6) is 0 Å². The first-order valence-electron chi connectivity index (χ1n) is 10.2. The quantitative estimate of drug-likeness (QED) is 0.870. The number of hydrogen-bond acceptors (Lipinski definition) is 3. The maximum absolute atomic E-state index is 12.5. The maximum atomic E-state index is 12.5. The number of para-hydroxylation sites is 1. The highest BCUT2D eigenvalue weighted by Crippen LogP contribution is 2.53. The summed E-state index contributed by atoms with van der Waals surface area (Å²) in [5.74, 6) is 2.72. The van der Waals surface area contributed by atoms with Gasteiger partial charge in [0.1, 0.15) is 5.82 Å². The summed E-state index contributed by atoms with van der Waals surface area (Å²) >= 11 is 0. The molecule has 1 saturated heterocycles. The molecule has 1 aliphatic heterocycles. The highest BCUT2D eigenvalue weighted by Gasteiger charge is 2.59. The molecule has 26 heavy (non-hydrogen) atoms. The summed E-state index contributed by atoms with van der Waals surface area (Å²) in [6, 6.07) is 6.99. The van der Waals surface area contributed by atoms with Crippen LogP contribution in [0.4, 0.5) is 0 Å². The number of imidazole rings is 1. The van der Waals surface area contributed by atoms with E-state index in [0.29, 0.717) is 18.4 Å². The fraction of sp³-hybridized carbons (Fsp3) is 0.619. The standard InChI is InChI=1S/C21H28N4O/c1-13-5-4-8-17-20(13)24-18(23-17)9-10-22-21(26)19-15-11-25(12-16(15)19)14-6-2-3-7-14/h4-5,8,14-16,19H,2-3,6-7,9-12H2,1H3,(H,22,26)(H,23,24)/t15-,16+,19?. The number of likely N-dealkylation sites (tertiary alicyclic amines) is 1. The highest BCUT2D eigenvalue weighted by molar-refractivity contribution is 5.82. The van der Waals surface area contributed by atoms with Crippen LogP contribution in [0.3, 0.4) is 0 Å². The van der Waals surface area contributed by atoms with Gasteiger partial charge in [0, 0.05) is 38.0 Å². The molecule has 0 bridgehead atoms. The summed E-state index contributed by atoms with van der Waals surface area (Å²) in [4.78, 5) is 23.2. The number of nitrogens with one attached hydrogen (secondary N) is 2. The molecule has 5 rings (SSSR count). The van der Waals surface area contributed by atoms with Gasteiger partial charge >= 0.3 is 0 Å². The molecule has 1 unspecified atom stereocenters. The molecule has 2 aliphatic carbocycles. The van der Waals surface area contributed by atoms with Crippen molar-refractivity contribution in [2.24, 2.45) is 17.8 Å². The lowest BCUT2D eigenvalue weighted by molar-refractivity contribution is -0.123.